The minimum Gasteiger partial charge on any atom is -0.449 e. The molecule has 0 radical (unpaired) electrons. The normalized spacial score (nSPS) is 13.5. The molecule has 0 fully saturated rings. The summed E-state index contributed by atoms with van der Waals surface area (Å²) in [7, 11) is 0. The Kier molecular flexibility index (Phi) is 6.38. The van der Waals surface area contributed by atoms with E-state index in [1.165, 1.54) is 5.56 Å². The summed E-state index contributed by atoms with van der Waals surface area (Å²) in [6, 6.07) is 17.3. The Balaban J connectivity index is 1.98. The SMILES string of the molecule is CC(COC(c1ccccc1)C(C)C)c1ccc(OC(=O)O)cc1. The topological polar surface area (TPSA) is 55.8 Å². The summed E-state index contributed by atoms with van der Waals surface area (Å²) in [6.07, 6.45) is -1.25. The van der Waals surface area contributed by atoms with Crippen LogP contribution < -0.4 is 4.74 Å². The van der Waals surface area contributed by atoms with Crippen LogP contribution in [0.25, 0.3) is 0 Å². The standard InChI is InChI=1S/C20H24O4/c1-14(2)19(17-7-5-4-6-8-17)23-13-15(3)16-9-11-18(12-10-16)24-20(21)22/h4-12,14-15,19H,13H2,1-3H3,(H,21,22). The molecular formula is C20H24O4. The molecule has 2 aromatic carbocycles. The second kappa shape index (κ2) is 8.50. The first-order valence-electron chi connectivity index (χ1n) is 8.14. The summed E-state index contributed by atoms with van der Waals surface area (Å²) in [5.41, 5.74) is 2.27. The molecule has 2 unspecified atom stereocenters. The second-order valence-corrected chi connectivity index (χ2v) is 6.25. The van der Waals surface area contributed by atoms with E-state index in [1.807, 2.05) is 30.3 Å². The van der Waals surface area contributed by atoms with Crippen LogP contribution in [0.15, 0.2) is 54.6 Å². The lowest BCUT2D eigenvalue weighted by Crippen LogP contribution is -2.15. The van der Waals surface area contributed by atoms with Crippen molar-refractivity contribution in [3.05, 3.63) is 65.7 Å². The van der Waals surface area contributed by atoms with Crippen LogP contribution in [-0.4, -0.2) is 17.9 Å². The maximum Gasteiger partial charge on any atom is 0.511 e. The first-order chi connectivity index (χ1) is 11.5. The zero-order valence-electron chi connectivity index (χ0n) is 14.3. The van der Waals surface area contributed by atoms with Crippen LogP contribution in [0.3, 0.4) is 0 Å². The molecule has 128 valence electrons. The fraction of sp³-hybridized carbons (Fsp3) is 0.350. The van der Waals surface area contributed by atoms with Gasteiger partial charge in [-0.15, -0.1) is 0 Å². The molecule has 0 heterocycles. The van der Waals surface area contributed by atoms with Gasteiger partial charge in [-0.25, -0.2) is 4.79 Å². The molecule has 0 aliphatic heterocycles. The van der Waals surface area contributed by atoms with Crippen molar-refractivity contribution in [3.63, 3.8) is 0 Å². The summed E-state index contributed by atoms with van der Waals surface area (Å²) in [6.45, 7) is 6.99. The van der Waals surface area contributed by atoms with Gasteiger partial charge in [0.05, 0.1) is 12.7 Å². The fourth-order valence-electron chi connectivity index (χ4n) is 2.63. The minimum absolute atomic E-state index is 0.0586. The Morgan fingerprint density at radius 3 is 2.12 bits per heavy atom. The predicted octanol–water partition coefficient (Wildman–Crippen LogP) is 5.26. The Hall–Kier alpha value is -2.33. The average Bonchev–Trinajstić information content (AvgIpc) is 2.55. The molecule has 0 spiro atoms. The van der Waals surface area contributed by atoms with E-state index in [1.54, 1.807) is 12.1 Å². The number of carboxylic acid groups (broad SMARTS) is 1. The molecule has 4 heteroatoms. The molecule has 24 heavy (non-hydrogen) atoms. The Labute approximate surface area is 143 Å². The summed E-state index contributed by atoms with van der Waals surface area (Å²) in [5.74, 6) is 0.906. The molecule has 0 saturated heterocycles. The van der Waals surface area contributed by atoms with E-state index in [0.29, 0.717) is 18.3 Å². The molecule has 0 saturated carbocycles. The monoisotopic (exact) mass is 328 g/mol. The average molecular weight is 328 g/mol. The van der Waals surface area contributed by atoms with Crippen LogP contribution in [-0.2, 0) is 4.74 Å². The largest absolute Gasteiger partial charge is 0.511 e. The zero-order chi connectivity index (χ0) is 17.5. The molecule has 0 amide bonds. The number of rotatable bonds is 7. The third-order valence-electron chi connectivity index (χ3n) is 3.91. The van der Waals surface area contributed by atoms with Gasteiger partial charge in [-0.1, -0.05) is 63.2 Å². The highest BCUT2D eigenvalue weighted by atomic mass is 16.7. The van der Waals surface area contributed by atoms with Gasteiger partial charge in [0.1, 0.15) is 5.75 Å². The molecular weight excluding hydrogens is 304 g/mol. The molecule has 0 bridgehead atoms. The number of ether oxygens (including phenoxy) is 2. The first kappa shape index (κ1) is 18.0. The fourth-order valence-corrected chi connectivity index (χ4v) is 2.63. The highest BCUT2D eigenvalue weighted by Crippen LogP contribution is 2.28. The van der Waals surface area contributed by atoms with E-state index in [2.05, 4.69) is 37.6 Å². The quantitative estimate of drug-likeness (QED) is 0.556. The summed E-state index contributed by atoms with van der Waals surface area (Å²) >= 11 is 0. The molecule has 1 N–H and O–H groups in total. The van der Waals surface area contributed by atoms with Crippen LogP contribution in [0, 0.1) is 5.92 Å². The van der Waals surface area contributed by atoms with Gasteiger partial charge in [-0.3, -0.25) is 0 Å². The van der Waals surface area contributed by atoms with Crippen LogP contribution in [0.1, 0.15) is 43.9 Å². The van der Waals surface area contributed by atoms with Crippen molar-refractivity contribution in [1.82, 2.24) is 0 Å². The Bertz CT molecular complexity index is 634. The second-order valence-electron chi connectivity index (χ2n) is 6.25. The first-order valence-corrected chi connectivity index (χ1v) is 8.14. The van der Waals surface area contributed by atoms with E-state index in [0.717, 1.165) is 5.56 Å². The van der Waals surface area contributed by atoms with Gasteiger partial charge < -0.3 is 14.6 Å². The van der Waals surface area contributed by atoms with Crippen LogP contribution >= 0.6 is 0 Å². The Morgan fingerprint density at radius 2 is 1.58 bits per heavy atom. The molecule has 2 atom stereocenters. The van der Waals surface area contributed by atoms with Crippen molar-refractivity contribution in [1.29, 1.82) is 0 Å². The van der Waals surface area contributed by atoms with Crippen molar-refractivity contribution in [2.75, 3.05) is 6.61 Å². The lowest BCUT2D eigenvalue weighted by atomic mass is 9.98. The van der Waals surface area contributed by atoms with Gasteiger partial charge in [0.25, 0.3) is 0 Å². The smallest absolute Gasteiger partial charge is 0.449 e. The van der Waals surface area contributed by atoms with Crippen molar-refractivity contribution in [3.8, 4) is 5.75 Å². The van der Waals surface area contributed by atoms with Crippen LogP contribution in [0.4, 0.5) is 4.79 Å². The number of benzene rings is 2. The van der Waals surface area contributed by atoms with E-state index >= 15 is 0 Å². The number of hydrogen-bond acceptors (Lipinski definition) is 3. The van der Waals surface area contributed by atoms with Gasteiger partial charge >= 0.3 is 6.16 Å². The van der Waals surface area contributed by atoms with Gasteiger partial charge in [0, 0.05) is 5.92 Å². The molecule has 2 rings (SSSR count). The Morgan fingerprint density at radius 1 is 0.958 bits per heavy atom. The maximum atomic E-state index is 10.5. The molecule has 0 aliphatic carbocycles. The lowest BCUT2D eigenvalue weighted by Gasteiger charge is -2.24. The van der Waals surface area contributed by atoms with Gasteiger partial charge in [0.15, 0.2) is 0 Å². The third-order valence-corrected chi connectivity index (χ3v) is 3.91. The maximum absolute atomic E-state index is 10.5. The van der Waals surface area contributed by atoms with E-state index < -0.39 is 6.16 Å². The van der Waals surface area contributed by atoms with Crippen molar-refractivity contribution >= 4 is 6.16 Å². The predicted molar refractivity (Wildman–Crippen MR) is 93.5 cm³/mol. The van der Waals surface area contributed by atoms with Gasteiger partial charge in [0.2, 0.25) is 0 Å². The summed E-state index contributed by atoms with van der Waals surface area (Å²) in [4.78, 5) is 10.5. The summed E-state index contributed by atoms with van der Waals surface area (Å²) < 4.78 is 10.8. The van der Waals surface area contributed by atoms with Crippen molar-refractivity contribution in [2.45, 2.75) is 32.8 Å². The highest BCUT2D eigenvalue weighted by Gasteiger charge is 2.18. The van der Waals surface area contributed by atoms with Gasteiger partial charge in [-0.05, 0) is 29.2 Å². The van der Waals surface area contributed by atoms with Crippen LogP contribution in [0.2, 0.25) is 0 Å². The summed E-state index contributed by atoms with van der Waals surface area (Å²) in [5, 5.41) is 8.61. The highest BCUT2D eigenvalue weighted by molar-refractivity contribution is 5.61. The van der Waals surface area contributed by atoms with Crippen molar-refractivity contribution < 1.29 is 19.4 Å². The van der Waals surface area contributed by atoms with Crippen molar-refractivity contribution in [2.24, 2.45) is 5.92 Å². The third kappa shape index (κ3) is 5.10. The molecule has 0 aliphatic rings. The minimum atomic E-state index is -1.30. The zero-order valence-corrected chi connectivity index (χ0v) is 14.3. The van der Waals surface area contributed by atoms with Crippen LogP contribution in [0.5, 0.6) is 5.75 Å². The molecule has 0 aromatic heterocycles. The number of carbonyl (C=O) groups is 1. The molecule has 4 nitrogen and oxygen atoms in total. The van der Waals surface area contributed by atoms with Gasteiger partial charge in [-0.2, -0.15) is 0 Å². The molecule has 2 aromatic rings. The number of hydrogen-bond donors (Lipinski definition) is 1. The lowest BCUT2D eigenvalue weighted by molar-refractivity contribution is 0.0145. The van der Waals surface area contributed by atoms with E-state index in [4.69, 9.17) is 9.84 Å². The van der Waals surface area contributed by atoms with E-state index in [9.17, 15) is 4.79 Å². The van der Waals surface area contributed by atoms with E-state index in [-0.39, 0.29) is 12.0 Å².